The Hall–Kier alpha value is -0.610. The fourth-order valence-electron chi connectivity index (χ4n) is 3.48. The lowest BCUT2D eigenvalue weighted by Crippen LogP contribution is -2.46. The smallest absolute Gasteiger partial charge is 0.334 e. The molecule has 0 amide bonds. The molecule has 1 saturated heterocycles. The largest absolute Gasteiger partial charge is 0.479 e. The number of rotatable bonds is 5. The second kappa shape index (κ2) is 6.53. The molecule has 0 spiro atoms. The van der Waals surface area contributed by atoms with Gasteiger partial charge in [0.2, 0.25) is 0 Å². The lowest BCUT2D eigenvalue weighted by molar-refractivity contribution is -0.151. The molecule has 0 aromatic carbocycles. The van der Waals surface area contributed by atoms with Crippen LogP contribution in [0.1, 0.15) is 39.0 Å². The van der Waals surface area contributed by atoms with Crippen LogP contribution in [0.5, 0.6) is 0 Å². The minimum absolute atomic E-state index is 0.469. The molecule has 1 aliphatic heterocycles. The Bertz CT molecular complexity index is 282. The van der Waals surface area contributed by atoms with Gasteiger partial charge < -0.3 is 9.84 Å². The van der Waals surface area contributed by atoms with Crippen LogP contribution in [0.2, 0.25) is 0 Å². The average molecular weight is 255 g/mol. The molecular weight excluding hydrogens is 230 g/mol. The second-order valence-corrected chi connectivity index (χ2v) is 5.64. The summed E-state index contributed by atoms with van der Waals surface area (Å²) in [4.78, 5) is 13.4. The number of carboxylic acid groups (broad SMARTS) is 1. The molecule has 2 fully saturated rings. The Kier molecular flexibility index (Phi) is 5.01. The van der Waals surface area contributed by atoms with Crippen LogP contribution in [0.4, 0.5) is 0 Å². The summed E-state index contributed by atoms with van der Waals surface area (Å²) in [5, 5.41) is 9.12. The summed E-state index contributed by atoms with van der Waals surface area (Å²) in [6, 6.07) is 0. The number of aliphatic carboxylic acids is 1. The summed E-state index contributed by atoms with van der Waals surface area (Å²) in [5.74, 6) is 0.858. The molecule has 1 aliphatic carbocycles. The van der Waals surface area contributed by atoms with Crippen molar-refractivity contribution in [3.8, 4) is 0 Å². The van der Waals surface area contributed by atoms with Crippen LogP contribution in [0, 0.1) is 11.8 Å². The first-order valence-corrected chi connectivity index (χ1v) is 7.27. The Morgan fingerprint density at radius 3 is 2.72 bits per heavy atom. The fraction of sp³-hybridized carbons (Fsp3) is 0.929. The van der Waals surface area contributed by atoms with Gasteiger partial charge in [0, 0.05) is 19.7 Å². The number of carbonyl (C=O) groups is 1. The summed E-state index contributed by atoms with van der Waals surface area (Å²) in [5.41, 5.74) is 0. The zero-order valence-electron chi connectivity index (χ0n) is 11.3. The number of likely N-dealkylation sites (tertiary alicyclic amines) is 1. The SMILES string of the molecule is CCOC(CN1CCC2CCCCC2C1)C(=O)O. The van der Waals surface area contributed by atoms with Gasteiger partial charge in [0.05, 0.1) is 0 Å². The van der Waals surface area contributed by atoms with Crippen molar-refractivity contribution in [2.45, 2.75) is 45.1 Å². The molecule has 1 N–H and O–H groups in total. The summed E-state index contributed by atoms with van der Waals surface area (Å²) in [6.45, 7) is 4.98. The van der Waals surface area contributed by atoms with Crippen molar-refractivity contribution in [3.63, 3.8) is 0 Å². The minimum atomic E-state index is -0.831. The number of fused-ring (bicyclic) bond motifs is 1. The first kappa shape index (κ1) is 13.8. The number of carboxylic acids is 1. The Balaban J connectivity index is 1.84. The molecule has 1 saturated carbocycles. The van der Waals surface area contributed by atoms with Gasteiger partial charge in [-0.05, 0) is 38.1 Å². The monoisotopic (exact) mass is 255 g/mol. The molecule has 2 rings (SSSR count). The number of nitrogens with zero attached hydrogens (tertiary/aromatic N) is 1. The molecule has 0 aromatic heterocycles. The Labute approximate surface area is 109 Å². The highest BCUT2D eigenvalue weighted by molar-refractivity contribution is 5.72. The van der Waals surface area contributed by atoms with Gasteiger partial charge in [0.1, 0.15) is 0 Å². The van der Waals surface area contributed by atoms with Gasteiger partial charge >= 0.3 is 5.97 Å². The van der Waals surface area contributed by atoms with Gasteiger partial charge in [0.25, 0.3) is 0 Å². The molecule has 18 heavy (non-hydrogen) atoms. The van der Waals surface area contributed by atoms with E-state index in [0.717, 1.165) is 24.9 Å². The van der Waals surface area contributed by atoms with E-state index in [4.69, 9.17) is 9.84 Å². The van der Waals surface area contributed by atoms with Gasteiger partial charge in [-0.25, -0.2) is 4.79 Å². The van der Waals surface area contributed by atoms with Crippen molar-refractivity contribution >= 4 is 5.97 Å². The molecule has 4 nitrogen and oxygen atoms in total. The van der Waals surface area contributed by atoms with Crippen LogP contribution < -0.4 is 0 Å². The van der Waals surface area contributed by atoms with Crippen molar-refractivity contribution in [2.24, 2.45) is 11.8 Å². The first-order chi connectivity index (χ1) is 8.70. The molecule has 4 heteroatoms. The Morgan fingerprint density at radius 1 is 1.33 bits per heavy atom. The lowest BCUT2D eigenvalue weighted by Gasteiger charge is -2.41. The minimum Gasteiger partial charge on any atom is -0.479 e. The third kappa shape index (κ3) is 3.45. The van der Waals surface area contributed by atoms with Crippen LogP contribution in [0.25, 0.3) is 0 Å². The van der Waals surface area contributed by atoms with Crippen LogP contribution in [-0.4, -0.2) is 48.3 Å². The summed E-state index contributed by atoms with van der Waals surface area (Å²) >= 11 is 0. The van der Waals surface area contributed by atoms with Crippen molar-refractivity contribution in [1.29, 1.82) is 0 Å². The lowest BCUT2D eigenvalue weighted by atomic mass is 9.75. The summed E-state index contributed by atoms with van der Waals surface area (Å²) in [7, 11) is 0. The molecule has 3 unspecified atom stereocenters. The normalized spacial score (nSPS) is 30.7. The quantitative estimate of drug-likeness (QED) is 0.816. The molecule has 0 aromatic rings. The Morgan fingerprint density at radius 2 is 2.06 bits per heavy atom. The zero-order chi connectivity index (χ0) is 13.0. The van der Waals surface area contributed by atoms with Crippen molar-refractivity contribution in [1.82, 2.24) is 4.90 Å². The predicted molar refractivity (Wildman–Crippen MR) is 69.6 cm³/mol. The maximum atomic E-state index is 11.1. The number of piperidine rings is 1. The van der Waals surface area contributed by atoms with E-state index >= 15 is 0 Å². The van der Waals surface area contributed by atoms with Gasteiger partial charge in [-0.15, -0.1) is 0 Å². The average Bonchev–Trinajstić information content (AvgIpc) is 2.38. The number of hydrogen-bond donors (Lipinski definition) is 1. The van der Waals surface area contributed by atoms with Crippen molar-refractivity contribution in [2.75, 3.05) is 26.2 Å². The standard InChI is InChI=1S/C14H25NO3/c1-2-18-13(14(16)17)10-15-8-7-11-5-3-4-6-12(11)9-15/h11-13H,2-10H2,1H3,(H,16,17). The highest BCUT2D eigenvalue weighted by atomic mass is 16.5. The number of ether oxygens (including phenoxy) is 1. The van der Waals surface area contributed by atoms with E-state index in [1.54, 1.807) is 0 Å². The second-order valence-electron chi connectivity index (χ2n) is 5.64. The third-order valence-electron chi connectivity index (χ3n) is 4.44. The molecule has 3 atom stereocenters. The van der Waals surface area contributed by atoms with E-state index in [-0.39, 0.29) is 0 Å². The molecule has 104 valence electrons. The number of hydrogen-bond acceptors (Lipinski definition) is 3. The van der Waals surface area contributed by atoms with Crippen molar-refractivity contribution < 1.29 is 14.6 Å². The first-order valence-electron chi connectivity index (χ1n) is 7.27. The molecule has 2 aliphatic rings. The van der Waals surface area contributed by atoms with Crippen LogP contribution in [0.15, 0.2) is 0 Å². The van der Waals surface area contributed by atoms with E-state index < -0.39 is 12.1 Å². The van der Waals surface area contributed by atoms with Gasteiger partial charge in [0.15, 0.2) is 6.10 Å². The van der Waals surface area contributed by atoms with Crippen LogP contribution in [0.3, 0.4) is 0 Å². The summed E-state index contributed by atoms with van der Waals surface area (Å²) in [6.07, 6.45) is 6.03. The van der Waals surface area contributed by atoms with E-state index in [1.807, 2.05) is 6.92 Å². The fourth-order valence-corrected chi connectivity index (χ4v) is 3.48. The molecule has 0 bridgehead atoms. The van der Waals surface area contributed by atoms with Crippen LogP contribution in [-0.2, 0) is 9.53 Å². The highest BCUT2D eigenvalue weighted by Gasteiger charge is 2.32. The highest BCUT2D eigenvalue weighted by Crippen LogP contribution is 2.36. The maximum Gasteiger partial charge on any atom is 0.334 e. The summed E-state index contributed by atoms with van der Waals surface area (Å²) < 4.78 is 5.30. The van der Waals surface area contributed by atoms with E-state index in [2.05, 4.69) is 4.90 Å². The van der Waals surface area contributed by atoms with Gasteiger partial charge in [-0.2, -0.15) is 0 Å². The molecule has 0 radical (unpaired) electrons. The van der Waals surface area contributed by atoms with Gasteiger partial charge in [-0.3, -0.25) is 4.90 Å². The van der Waals surface area contributed by atoms with Crippen molar-refractivity contribution in [3.05, 3.63) is 0 Å². The predicted octanol–water partition coefficient (Wildman–Crippen LogP) is 1.99. The maximum absolute atomic E-state index is 11.1. The van der Waals surface area contributed by atoms with Crippen LogP contribution >= 0.6 is 0 Å². The van der Waals surface area contributed by atoms with E-state index in [0.29, 0.717) is 13.2 Å². The van der Waals surface area contributed by atoms with E-state index in [9.17, 15) is 4.79 Å². The van der Waals surface area contributed by atoms with E-state index in [1.165, 1.54) is 32.1 Å². The molecule has 1 heterocycles. The topological polar surface area (TPSA) is 49.8 Å². The third-order valence-corrected chi connectivity index (χ3v) is 4.44. The zero-order valence-corrected chi connectivity index (χ0v) is 11.3. The molecular formula is C14H25NO3. The van der Waals surface area contributed by atoms with Gasteiger partial charge in [-0.1, -0.05) is 19.3 Å².